The summed E-state index contributed by atoms with van der Waals surface area (Å²) < 4.78 is 0. The first-order valence-corrected chi connectivity index (χ1v) is 6.85. The molecule has 0 saturated heterocycles. The summed E-state index contributed by atoms with van der Waals surface area (Å²) in [6.45, 7) is 8.10. The van der Waals surface area contributed by atoms with E-state index in [4.69, 9.17) is 0 Å². The summed E-state index contributed by atoms with van der Waals surface area (Å²) >= 11 is 0. The molecule has 104 valence electrons. The zero-order valence-corrected chi connectivity index (χ0v) is 12.5. The van der Waals surface area contributed by atoms with Gasteiger partial charge in [0, 0.05) is 18.2 Å². The first kappa shape index (κ1) is 14.3. The Labute approximate surface area is 120 Å². The molecule has 0 aliphatic heterocycles. The van der Waals surface area contributed by atoms with Crippen LogP contribution in [-0.2, 0) is 10.2 Å². The molecule has 2 aromatic rings. The maximum Gasteiger partial charge on any atom is 0.221 e. The van der Waals surface area contributed by atoms with E-state index in [1.54, 1.807) is 0 Å². The standard InChI is InChI=1S/C18H21NO/c1-13(20)19-17-11-10-15(18(2,3)4)12-16(17)14-8-6-5-7-9-14/h5-12H,1-4H3,(H,19,20). The predicted molar refractivity (Wildman–Crippen MR) is 84.9 cm³/mol. The average Bonchev–Trinajstić information content (AvgIpc) is 2.38. The van der Waals surface area contributed by atoms with Crippen molar-refractivity contribution in [3.05, 3.63) is 54.1 Å². The summed E-state index contributed by atoms with van der Waals surface area (Å²) in [6.07, 6.45) is 0. The lowest BCUT2D eigenvalue weighted by Gasteiger charge is -2.21. The van der Waals surface area contributed by atoms with Crippen molar-refractivity contribution in [3.63, 3.8) is 0 Å². The molecule has 0 fully saturated rings. The van der Waals surface area contributed by atoms with Crippen molar-refractivity contribution < 1.29 is 4.79 Å². The fourth-order valence-corrected chi connectivity index (χ4v) is 2.17. The first-order chi connectivity index (χ1) is 9.38. The average molecular weight is 267 g/mol. The molecule has 0 radical (unpaired) electrons. The molecule has 2 nitrogen and oxygen atoms in total. The fourth-order valence-electron chi connectivity index (χ4n) is 2.17. The van der Waals surface area contributed by atoms with Crippen LogP contribution >= 0.6 is 0 Å². The number of carbonyl (C=O) groups excluding carboxylic acids is 1. The number of carbonyl (C=O) groups is 1. The highest BCUT2D eigenvalue weighted by atomic mass is 16.1. The molecule has 1 amide bonds. The lowest BCUT2D eigenvalue weighted by molar-refractivity contribution is -0.114. The minimum atomic E-state index is -0.0503. The Bertz CT molecular complexity index is 609. The summed E-state index contributed by atoms with van der Waals surface area (Å²) in [4.78, 5) is 11.4. The SMILES string of the molecule is CC(=O)Nc1ccc(C(C)(C)C)cc1-c1ccccc1. The fraction of sp³-hybridized carbons (Fsp3) is 0.278. The summed E-state index contributed by atoms with van der Waals surface area (Å²) in [5.74, 6) is -0.0503. The Morgan fingerprint density at radius 1 is 1.00 bits per heavy atom. The number of amides is 1. The van der Waals surface area contributed by atoms with Gasteiger partial charge in [-0.15, -0.1) is 0 Å². The van der Waals surface area contributed by atoms with E-state index in [9.17, 15) is 4.79 Å². The lowest BCUT2D eigenvalue weighted by atomic mass is 9.85. The highest BCUT2D eigenvalue weighted by Gasteiger charge is 2.16. The molecule has 0 bridgehead atoms. The van der Waals surface area contributed by atoms with E-state index >= 15 is 0 Å². The van der Waals surface area contributed by atoms with Crippen molar-refractivity contribution in [1.29, 1.82) is 0 Å². The molecule has 0 atom stereocenters. The zero-order valence-electron chi connectivity index (χ0n) is 12.5. The summed E-state index contributed by atoms with van der Waals surface area (Å²) in [5, 5.41) is 2.91. The van der Waals surface area contributed by atoms with E-state index in [2.05, 4.69) is 50.4 Å². The number of rotatable bonds is 2. The zero-order chi connectivity index (χ0) is 14.8. The van der Waals surface area contributed by atoms with Crippen LogP contribution < -0.4 is 5.32 Å². The Balaban J connectivity index is 2.57. The monoisotopic (exact) mass is 267 g/mol. The van der Waals surface area contributed by atoms with Crippen molar-refractivity contribution in [3.8, 4) is 11.1 Å². The van der Waals surface area contributed by atoms with Gasteiger partial charge < -0.3 is 5.32 Å². The van der Waals surface area contributed by atoms with E-state index in [0.717, 1.165) is 16.8 Å². The van der Waals surface area contributed by atoms with Crippen molar-refractivity contribution in [2.45, 2.75) is 33.1 Å². The maximum atomic E-state index is 11.4. The van der Waals surface area contributed by atoms with Crippen molar-refractivity contribution >= 4 is 11.6 Å². The quantitative estimate of drug-likeness (QED) is 0.845. The third kappa shape index (κ3) is 3.27. The van der Waals surface area contributed by atoms with Gasteiger partial charge in [-0.25, -0.2) is 0 Å². The maximum absolute atomic E-state index is 11.4. The largest absolute Gasteiger partial charge is 0.326 e. The molecule has 0 heterocycles. The van der Waals surface area contributed by atoms with Crippen LogP contribution in [0.1, 0.15) is 33.3 Å². The van der Waals surface area contributed by atoms with Gasteiger partial charge in [0.25, 0.3) is 0 Å². The summed E-state index contributed by atoms with van der Waals surface area (Å²) in [7, 11) is 0. The van der Waals surface area contributed by atoms with E-state index in [1.165, 1.54) is 12.5 Å². The minimum absolute atomic E-state index is 0.0503. The highest BCUT2D eigenvalue weighted by Crippen LogP contribution is 2.33. The molecule has 2 rings (SSSR count). The second-order valence-electron chi connectivity index (χ2n) is 6.06. The summed E-state index contributed by atoms with van der Waals surface area (Å²) in [5.41, 5.74) is 4.37. The van der Waals surface area contributed by atoms with Gasteiger partial charge >= 0.3 is 0 Å². The molecule has 2 heteroatoms. The van der Waals surface area contributed by atoms with Gasteiger partial charge in [-0.2, -0.15) is 0 Å². The molecule has 0 unspecified atom stereocenters. The van der Waals surface area contributed by atoms with Gasteiger partial charge in [0.2, 0.25) is 5.91 Å². The molecule has 0 aliphatic rings. The third-order valence-electron chi connectivity index (χ3n) is 3.28. The third-order valence-corrected chi connectivity index (χ3v) is 3.28. The van der Waals surface area contributed by atoms with E-state index < -0.39 is 0 Å². The van der Waals surface area contributed by atoms with Crippen LogP contribution in [0, 0.1) is 0 Å². The normalized spacial score (nSPS) is 11.2. The molecular weight excluding hydrogens is 246 g/mol. The van der Waals surface area contributed by atoms with E-state index in [1.807, 2.05) is 24.3 Å². The van der Waals surface area contributed by atoms with Crippen LogP contribution in [0.4, 0.5) is 5.69 Å². The van der Waals surface area contributed by atoms with Crippen LogP contribution in [0.3, 0.4) is 0 Å². The molecule has 1 N–H and O–H groups in total. The van der Waals surface area contributed by atoms with Crippen molar-refractivity contribution in [2.75, 3.05) is 5.32 Å². The molecular formula is C18H21NO. The highest BCUT2D eigenvalue weighted by molar-refractivity contribution is 5.94. The van der Waals surface area contributed by atoms with Gasteiger partial charge in [-0.3, -0.25) is 4.79 Å². The molecule has 20 heavy (non-hydrogen) atoms. The van der Waals surface area contributed by atoms with Gasteiger partial charge in [0.1, 0.15) is 0 Å². The van der Waals surface area contributed by atoms with Gasteiger partial charge in [-0.1, -0.05) is 57.2 Å². The van der Waals surface area contributed by atoms with Gasteiger partial charge in [0.15, 0.2) is 0 Å². The second-order valence-corrected chi connectivity index (χ2v) is 6.06. The van der Waals surface area contributed by atoms with Crippen LogP contribution in [0.5, 0.6) is 0 Å². The Morgan fingerprint density at radius 2 is 1.65 bits per heavy atom. The van der Waals surface area contributed by atoms with Crippen molar-refractivity contribution in [1.82, 2.24) is 0 Å². The molecule has 0 aromatic heterocycles. The lowest BCUT2D eigenvalue weighted by Crippen LogP contribution is -2.12. The Morgan fingerprint density at radius 3 is 2.20 bits per heavy atom. The van der Waals surface area contributed by atoms with Crippen LogP contribution in [-0.4, -0.2) is 5.91 Å². The van der Waals surface area contributed by atoms with Crippen LogP contribution in [0.2, 0.25) is 0 Å². The number of hydrogen-bond acceptors (Lipinski definition) is 1. The van der Waals surface area contributed by atoms with Gasteiger partial charge in [0.05, 0.1) is 0 Å². The van der Waals surface area contributed by atoms with Crippen molar-refractivity contribution in [2.24, 2.45) is 0 Å². The topological polar surface area (TPSA) is 29.1 Å². The number of benzene rings is 2. The number of anilines is 1. The minimum Gasteiger partial charge on any atom is -0.326 e. The van der Waals surface area contributed by atoms with Crippen LogP contribution in [0.25, 0.3) is 11.1 Å². The smallest absolute Gasteiger partial charge is 0.221 e. The Hall–Kier alpha value is -2.09. The molecule has 2 aromatic carbocycles. The molecule has 0 spiro atoms. The first-order valence-electron chi connectivity index (χ1n) is 6.85. The molecule has 0 saturated carbocycles. The van der Waals surface area contributed by atoms with E-state index in [0.29, 0.717) is 0 Å². The summed E-state index contributed by atoms with van der Waals surface area (Å²) in [6, 6.07) is 16.4. The number of hydrogen-bond donors (Lipinski definition) is 1. The second kappa shape index (κ2) is 5.49. The van der Waals surface area contributed by atoms with Crippen LogP contribution in [0.15, 0.2) is 48.5 Å². The van der Waals surface area contributed by atoms with Gasteiger partial charge in [-0.05, 0) is 28.7 Å². The molecule has 0 aliphatic carbocycles. The Kier molecular flexibility index (Phi) is 3.93. The van der Waals surface area contributed by atoms with E-state index in [-0.39, 0.29) is 11.3 Å². The number of nitrogens with one attached hydrogen (secondary N) is 1. The predicted octanol–water partition coefficient (Wildman–Crippen LogP) is 4.61.